The summed E-state index contributed by atoms with van der Waals surface area (Å²) in [6.07, 6.45) is 7.18. The number of hydrogen-bond acceptors (Lipinski definition) is 4. The minimum absolute atomic E-state index is 0.0631. The zero-order valence-corrected chi connectivity index (χ0v) is 17.1. The fraction of sp³-hybridized carbons (Fsp3) is 0.684. The van der Waals surface area contributed by atoms with E-state index in [1.807, 2.05) is 19.1 Å². The van der Waals surface area contributed by atoms with Crippen LogP contribution in [0.3, 0.4) is 0 Å². The second-order valence-electron chi connectivity index (χ2n) is 7.58. The largest absolute Gasteiger partial charge is 0.243 e. The molecule has 1 aromatic rings. The molecule has 0 amide bonds. The summed E-state index contributed by atoms with van der Waals surface area (Å²) in [4.78, 5) is 0.273. The maximum absolute atomic E-state index is 13.1. The van der Waals surface area contributed by atoms with Crippen molar-refractivity contribution in [3.05, 3.63) is 29.8 Å². The summed E-state index contributed by atoms with van der Waals surface area (Å²) in [5, 5.41) is 0. The predicted molar refractivity (Wildman–Crippen MR) is 104 cm³/mol. The Morgan fingerprint density at radius 2 is 1.69 bits per heavy atom. The second-order valence-corrected chi connectivity index (χ2v) is 11.7. The van der Waals surface area contributed by atoms with Crippen LogP contribution in [0.15, 0.2) is 29.2 Å². The number of sulfone groups is 1. The summed E-state index contributed by atoms with van der Waals surface area (Å²) in [5.41, 5.74) is 1.22. The van der Waals surface area contributed by atoms with E-state index in [4.69, 9.17) is 0 Å². The Morgan fingerprint density at radius 1 is 1.04 bits per heavy atom. The van der Waals surface area contributed by atoms with Crippen LogP contribution in [0.1, 0.15) is 63.4 Å². The molecule has 7 heteroatoms. The molecule has 1 aliphatic carbocycles. The second kappa shape index (κ2) is 7.98. The molecular formula is C19H29NO4S2. The van der Waals surface area contributed by atoms with Gasteiger partial charge in [0.1, 0.15) is 0 Å². The van der Waals surface area contributed by atoms with Crippen molar-refractivity contribution in [2.24, 2.45) is 0 Å². The van der Waals surface area contributed by atoms with Gasteiger partial charge in [-0.1, -0.05) is 38.3 Å². The fourth-order valence-corrected chi connectivity index (χ4v) is 7.78. The van der Waals surface area contributed by atoms with Crippen LogP contribution in [-0.4, -0.2) is 45.2 Å². The van der Waals surface area contributed by atoms with Crippen molar-refractivity contribution in [3.8, 4) is 0 Å². The third-order valence-electron chi connectivity index (χ3n) is 5.62. The number of nitrogens with zero attached hydrogens (tertiary/aromatic N) is 1. The molecule has 1 aromatic carbocycles. The Kier molecular flexibility index (Phi) is 6.09. The summed E-state index contributed by atoms with van der Waals surface area (Å²) < 4.78 is 51.3. The van der Waals surface area contributed by atoms with E-state index in [2.05, 4.69) is 0 Å². The van der Waals surface area contributed by atoms with Gasteiger partial charge in [-0.2, -0.15) is 4.31 Å². The van der Waals surface area contributed by atoms with E-state index in [9.17, 15) is 16.8 Å². The van der Waals surface area contributed by atoms with Crippen LogP contribution in [0.2, 0.25) is 0 Å². The van der Waals surface area contributed by atoms with Crippen LogP contribution >= 0.6 is 0 Å². The van der Waals surface area contributed by atoms with Crippen molar-refractivity contribution < 1.29 is 16.8 Å². The van der Waals surface area contributed by atoms with Crippen molar-refractivity contribution in [1.29, 1.82) is 0 Å². The van der Waals surface area contributed by atoms with Gasteiger partial charge in [0.2, 0.25) is 10.0 Å². The van der Waals surface area contributed by atoms with E-state index in [1.165, 1.54) is 42.0 Å². The van der Waals surface area contributed by atoms with Crippen molar-refractivity contribution in [2.75, 3.05) is 18.1 Å². The minimum atomic E-state index is -3.68. The zero-order chi connectivity index (χ0) is 18.8. The summed E-state index contributed by atoms with van der Waals surface area (Å²) in [6, 6.07) is 6.84. The molecule has 0 radical (unpaired) electrons. The Balaban J connectivity index is 1.82. The fourth-order valence-electron chi connectivity index (χ4n) is 4.21. The number of hydrogen-bond donors (Lipinski definition) is 0. The monoisotopic (exact) mass is 399 g/mol. The van der Waals surface area contributed by atoms with Crippen LogP contribution in [0.25, 0.3) is 0 Å². The average Bonchev–Trinajstić information content (AvgIpc) is 2.99. The molecule has 0 unspecified atom stereocenters. The maximum Gasteiger partial charge on any atom is 0.243 e. The van der Waals surface area contributed by atoms with E-state index in [1.54, 1.807) is 12.1 Å². The third-order valence-corrected chi connectivity index (χ3v) is 9.34. The van der Waals surface area contributed by atoms with E-state index >= 15 is 0 Å². The Labute approximate surface area is 157 Å². The molecule has 1 aliphatic heterocycles. The molecule has 1 saturated heterocycles. The first-order valence-corrected chi connectivity index (χ1v) is 12.9. The molecule has 0 bridgehead atoms. The Morgan fingerprint density at radius 3 is 2.23 bits per heavy atom. The first-order chi connectivity index (χ1) is 12.3. The van der Waals surface area contributed by atoms with Gasteiger partial charge in [0.05, 0.1) is 16.4 Å². The molecule has 1 atom stereocenters. The molecule has 0 aromatic heterocycles. The molecule has 3 rings (SSSR count). The van der Waals surface area contributed by atoms with Crippen molar-refractivity contribution in [1.82, 2.24) is 4.31 Å². The predicted octanol–water partition coefficient (Wildman–Crippen LogP) is 3.32. The van der Waals surface area contributed by atoms with Crippen LogP contribution in [-0.2, 0) is 19.9 Å². The molecule has 2 aliphatic rings. The van der Waals surface area contributed by atoms with E-state index in [0.717, 1.165) is 0 Å². The van der Waals surface area contributed by atoms with Crippen LogP contribution in [0.5, 0.6) is 0 Å². The topological polar surface area (TPSA) is 71.5 Å². The highest BCUT2D eigenvalue weighted by Gasteiger charge is 2.38. The first kappa shape index (κ1) is 19.8. The molecular weight excluding hydrogens is 370 g/mol. The van der Waals surface area contributed by atoms with E-state index < -0.39 is 25.9 Å². The van der Waals surface area contributed by atoms with Gasteiger partial charge in [-0.05, 0) is 49.3 Å². The van der Waals surface area contributed by atoms with Gasteiger partial charge in [-0.3, -0.25) is 0 Å². The normalized spacial score (nSPS) is 24.2. The lowest BCUT2D eigenvalue weighted by Crippen LogP contribution is -2.41. The molecule has 0 N–H and O–H groups in total. The summed E-state index contributed by atoms with van der Waals surface area (Å²) in [6.45, 7) is 2.27. The number of benzene rings is 1. The lowest BCUT2D eigenvalue weighted by atomic mass is 9.84. The third kappa shape index (κ3) is 4.31. The summed E-state index contributed by atoms with van der Waals surface area (Å²) in [7, 11) is -6.80. The molecule has 2 fully saturated rings. The van der Waals surface area contributed by atoms with E-state index in [0.29, 0.717) is 25.3 Å². The first-order valence-electron chi connectivity index (χ1n) is 9.66. The molecule has 1 saturated carbocycles. The molecule has 26 heavy (non-hydrogen) atoms. The van der Waals surface area contributed by atoms with Gasteiger partial charge in [0, 0.05) is 12.6 Å². The molecule has 146 valence electrons. The Hall–Kier alpha value is -0.920. The van der Waals surface area contributed by atoms with Gasteiger partial charge in [0.25, 0.3) is 0 Å². The van der Waals surface area contributed by atoms with Crippen LogP contribution in [0.4, 0.5) is 0 Å². The van der Waals surface area contributed by atoms with Crippen LogP contribution in [0, 0.1) is 0 Å². The Bertz CT molecular complexity index is 810. The minimum Gasteiger partial charge on any atom is -0.229 e. The quantitative estimate of drug-likeness (QED) is 0.736. The summed E-state index contributed by atoms with van der Waals surface area (Å²) >= 11 is 0. The van der Waals surface area contributed by atoms with Crippen molar-refractivity contribution >= 4 is 19.9 Å². The molecule has 1 heterocycles. The van der Waals surface area contributed by atoms with E-state index in [-0.39, 0.29) is 16.4 Å². The van der Waals surface area contributed by atoms with Gasteiger partial charge in [-0.25, -0.2) is 16.8 Å². The molecule has 0 spiro atoms. The van der Waals surface area contributed by atoms with Gasteiger partial charge in [0.15, 0.2) is 9.84 Å². The van der Waals surface area contributed by atoms with Gasteiger partial charge < -0.3 is 0 Å². The van der Waals surface area contributed by atoms with Gasteiger partial charge in [-0.15, -0.1) is 0 Å². The lowest BCUT2D eigenvalue weighted by Gasteiger charge is -2.27. The lowest BCUT2D eigenvalue weighted by molar-refractivity contribution is 0.340. The van der Waals surface area contributed by atoms with Crippen molar-refractivity contribution in [2.45, 2.75) is 68.7 Å². The standard InChI is InChI=1S/C19H29NO4S2/c1-2-13-20(18-12-14-25(21,22)15-18)26(23,24)19-10-8-17(9-11-19)16-6-4-3-5-7-16/h8-11,16,18H,2-7,12-15H2,1H3/t18-/m0/s1. The zero-order valence-electron chi connectivity index (χ0n) is 15.4. The molecule has 5 nitrogen and oxygen atoms in total. The average molecular weight is 400 g/mol. The summed E-state index contributed by atoms with van der Waals surface area (Å²) in [5.74, 6) is 0.549. The highest BCUT2D eigenvalue weighted by atomic mass is 32.2. The number of rotatable bonds is 6. The SMILES string of the molecule is CCCN([C@H]1CCS(=O)(=O)C1)S(=O)(=O)c1ccc(C2CCCCC2)cc1. The van der Waals surface area contributed by atoms with Crippen molar-refractivity contribution in [3.63, 3.8) is 0 Å². The maximum atomic E-state index is 13.1. The number of sulfonamides is 1. The smallest absolute Gasteiger partial charge is 0.229 e. The highest BCUT2D eigenvalue weighted by molar-refractivity contribution is 7.92. The highest BCUT2D eigenvalue weighted by Crippen LogP contribution is 2.33. The van der Waals surface area contributed by atoms with Gasteiger partial charge >= 0.3 is 0 Å². The van der Waals surface area contributed by atoms with Crippen LogP contribution < -0.4 is 0 Å².